The zero-order chi connectivity index (χ0) is 16.8. The Morgan fingerprint density at radius 1 is 0.800 bits per heavy atom. The summed E-state index contributed by atoms with van der Waals surface area (Å²) in [5.74, 6) is 0. The molecule has 3 heteroatoms. The highest BCUT2D eigenvalue weighted by atomic mass is 32.1. The number of aryl methyl sites for hydroxylation is 1. The van der Waals surface area contributed by atoms with Crippen LogP contribution < -0.4 is 0 Å². The summed E-state index contributed by atoms with van der Waals surface area (Å²) in [6.45, 7) is 2.26. The lowest BCUT2D eigenvalue weighted by Gasteiger charge is -2.00. The monoisotopic (exact) mass is 378 g/mol. The van der Waals surface area contributed by atoms with Crippen LogP contribution in [0.1, 0.15) is 25.3 Å². The quantitative estimate of drug-likeness (QED) is 0.295. The third-order valence-electron chi connectivity index (χ3n) is 4.82. The van der Waals surface area contributed by atoms with Crippen LogP contribution in [0.25, 0.3) is 40.7 Å². The van der Waals surface area contributed by atoms with Crippen molar-refractivity contribution in [2.45, 2.75) is 26.2 Å². The highest BCUT2D eigenvalue weighted by Gasteiger charge is 2.13. The van der Waals surface area contributed by atoms with Gasteiger partial charge in [-0.05, 0) is 58.5 Å². The fraction of sp³-hybridized carbons (Fsp3) is 0.182. The van der Waals surface area contributed by atoms with E-state index in [0.29, 0.717) is 0 Å². The normalized spacial score (nSPS) is 11.9. The van der Waals surface area contributed by atoms with E-state index in [1.807, 2.05) is 22.7 Å². The molecule has 0 spiro atoms. The molecule has 0 aliphatic rings. The molecule has 0 atom stereocenters. The second kappa shape index (κ2) is 6.24. The van der Waals surface area contributed by atoms with E-state index in [2.05, 4.69) is 60.1 Å². The summed E-state index contributed by atoms with van der Waals surface area (Å²) in [6.07, 6.45) is 3.73. The Morgan fingerprint density at radius 2 is 1.56 bits per heavy atom. The Morgan fingerprint density at radius 3 is 2.28 bits per heavy atom. The van der Waals surface area contributed by atoms with E-state index in [0.717, 1.165) is 0 Å². The SMILES string of the molecule is CCCCc1ccc2c(c1)sc1c3ccc(-c4ccsc4)cc3sc21. The minimum atomic E-state index is 1.20. The molecule has 5 rings (SSSR count). The van der Waals surface area contributed by atoms with Gasteiger partial charge in [-0.15, -0.1) is 22.7 Å². The highest BCUT2D eigenvalue weighted by Crippen LogP contribution is 2.45. The molecule has 5 aromatic rings. The van der Waals surface area contributed by atoms with Gasteiger partial charge in [-0.3, -0.25) is 0 Å². The fourth-order valence-corrected chi connectivity index (χ4v) is 6.87. The Labute approximate surface area is 159 Å². The van der Waals surface area contributed by atoms with Crippen molar-refractivity contribution in [3.63, 3.8) is 0 Å². The number of benzene rings is 2. The summed E-state index contributed by atoms with van der Waals surface area (Å²) < 4.78 is 5.76. The van der Waals surface area contributed by atoms with Crippen molar-refractivity contribution >= 4 is 63.6 Å². The van der Waals surface area contributed by atoms with Gasteiger partial charge in [0.25, 0.3) is 0 Å². The van der Waals surface area contributed by atoms with Gasteiger partial charge in [-0.2, -0.15) is 11.3 Å². The molecule has 0 nitrogen and oxygen atoms in total. The number of fused-ring (bicyclic) bond motifs is 5. The van der Waals surface area contributed by atoms with Crippen LogP contribution in [0.15, 0.2) is 53.2 Å². The maximum absolute atomic E-state index is 2.41. The molecule has 0 saturated heterocycles. The van der Waals surface area contributed by atoms with Gasteiger partial charge in [0.15, 0.2) is 0 Å². The first-order valence-corrected chi connectivity index (χ1v) is 11.3. The van der Waals surface area contributed by atoms with E-state index in [1.54, 1.807) is 11.3 Å². The van der Waals surface area contributed by atoms with Gasteiger partial charge in [0.05, 0.1) is 9.40 Å². The van der Waals surface area contributed by atoms with Crippen LogP contribution in [-0.4, -0.2) is 0 Å². The predicted octanol–water partition coefficient (Wildman–Crippen LogP) is 8.34. The maximum Gasteiger partial charge on any atom is 0.0542 e. The van der Waals surface area contributed by atoms with Gasteiger partial charge in [-0.25, -0.2) is 0 Å². The second-order valence-electron chi connectivity index (χ2n) is 6.52. The summed E-state index contributed by atoms with van der Waals surface area (Å²) in [5, 5.41) is 7.22. The largest absolute Gasteiger partial charge is 0.152 e. The average Bonchev–Trinajstić information content (AvgIpc) is 3.34. The first-order chi connectivity index (χ1) is 12.3. The van der Waals surface area contributed by atoms with Crippen molar-refractivity contribution in [3.8, 4) is 11.1 Å². The number of unbranched alkanes of at least 4 members (excludes halogenated alkanes) is 1. The molecular formula is C22H18S3. The molecule has 0 saturated carbocycles. The number of rotatable bonds is 4. The van der Waals surface area contributed by atoms with Crippen molar-refractivity contribution in [3.05, 3.63) is 58.8 Å². The van der Waals surface area contributed by atoms with Crippen LogP contribution in [0.4, 0.5) is 0 Å². The molecule has 124 valence electrons. The number of hydrogen-bond acceptors (Lipinski definition) is 3. The predicted molar refractivity (Wildman–Crippen MR) is 117 cm³/mol. The van der Waals surface area contributed by atoms with E-state index in [4.69, 9.17) is 0 Å². The molecule has 0 aliphatic heterocycles. The first kappa shape index (κ1) is 15.6. The van der Waals surface area contributed by atoms with Crippen molar-refractivity contribution in [2.75, 3.05) is 0 Å². The van der Waals surface area contributed by atoms with E-state index >= 15 is 0 Å². The lowest BCUT2D eigenvalue weighted by Crippen LogP contribution is -1.82. The molecule has 0 fully saturated rings. The van der Waals surface area contributed by atoms with Crippen molar-refractivity contribution in [2.24, 2.45) is 0 Å². The Balaban J connectivity index is 1.66. The minimum Gasteiger partial charge on any atom is -0.152 e. The molecular weight excluding hydrogens is 360 g/mol. The lowest BCUT2D eigenvalue weighted by molar-refractivity contribution is 0.796. The summed E-state index contributed by atoms with van der Waals surface area (Å²) >= 11 is 5.67. The Bertz CT molecular complexity index is 1170. The van der Waals surface area contributed by atoms with Gasteiger partial charge >= 0.3 is 0 Å². The first-order valence-electron chi connectivity index (χ1n) is 8.74. The summed E-state index contributed by atoms with van der Waals surface area (Å²) in [6, 6.07) is 16.2. The molecule has 0 unspecified atom stereocenters. The molecule has 0 bridgehead atoms. The van der Waals surface area contributed by atoms with Gasteiger partial charge in [0.1, 0.15) is 0 Å². The van der Waals surface area contributed by atoms with Crippen LogP contribution in [0.5, 0.6) is 0 Å². The molecule has 0 aliphatic carbocycles. The Kier molecular flexibility index (Phi) is 3.89. The number of thiophene rings is 3. The third kappa shape index (κ3) is 2.62. The molecule has 0 radical (unpaired) electrons. The zero-order valence-electron chi connectivity index (χ0n) is 14.0. The summed E-state index contributed by atoms with van der Waals surface area (Å²) in [5.41, 5.74) is 4.13. The second-order valence-corrected chi connectivity index (χ2v) is 9.40. The van der Waals surface area contributed by atoms with Crippen LogP contribution in [0.3, 0.4) is 0 Å². The van der Waals surface area contributed by atoms with Crippen LogP contribution in [0.2, 0.25) is 0 Å². The van der Waals surface area contributed by atoms with Gasteiger partial charge in [-0.1, -0.05) is 37.6 Å². The smallest absolute Gasteiger partial charge is 0.0542 e. The third-order valence-corrected chi connectivity index (χ3v) is 8.00. The fourth-order valence-electron chi connectivity index (χ4n) is 3.45. The molecule has 0 N–H and O–H groups in total. The number of hydrogen-bond donors (Lipinski definition) is 0. The van der Waals surface area contributed by atoms with Gasteiger partial charge in [0, 0.05) is 20.2 Å². The van der Waals surface area contributed by atoms with Crippen LogP contribution in [-0.2, 0) is 6.42 Å². The minimum absolute atomic E-state index is 1.20. The van der Waals surface area contributed by atoms with E-state index in [9.17, 15) is 0 Å². The standard InChI is InChI=1S/C22H18S3/c1-2-3-4-14-5-7-17-19(11-14)24-22-18-8-6-15(16-9-10-23-13-16)12-20(18)25-21(17)22/h5-13H,2-4H2,1H3. The van der Waals surface area contributed by atoms with Crippen molar-refractivity contribution in [1.29, 1.82) is 0 Å². The van der Waals surface area contributed by atoms with E-state index in [-0.39, 0.29) is 0 Å². The van der Waals surface area contributed by atoms with E-state index < -0.39 is 0 Å². The maximum atomic E-state index is 2.41. The highest BCUT2D eigenvalue weighted by molar-refractivity contribution is 7.36. The Hall–Kier alpha value is -1.68. The van der Waals surface area contributed by atoms with Crippen LogP contribution in [0, 0.1) is 0 Å². The lowest BCUT2D eigenvalue weighted by atomic mass is 10.1. The zero-order valence-corrected chi connectivity index (χ0v) is 16.5. The van der Waals surface area contributed by atoms with Crippen molar-refractivity contribution in [1.82, 2.24) is 0 Å². The van der Waals surface area contributed by atoms with E-state index in [1.165, 1.54) is 65.5 Å². The molecule has 25 heavy (non-hydrogen) atoms. The van der Waals surface area contributed by atoms with Gasteiger partial charge in [0.2, 0.25) is 0 Å². The molecule has 3 aromatic heterocycles. The molecule has 2 aromatic carbocycles. The summed E-state index contributed by atoms with van der Waals surface area (Å²) in [7, 11) is 0. The average molecular weight is 379 g/mol. The molecule has 3 heterocycles. The topological polar surface area (TPSA) is 0 Å². The van der Waals surface area contributed by atoms with Crippen LogP contribution >= 0.6 is 34.0 Å². The van der Waals surface area contributed by atoms with Gasteiger partial charge < -0.3 is 0 Å². The summed E-state index contributed by atoms with van der Waals surface area (Å²) in [4.78, 5) is 0. The molecule has 0 amide bonds. The van der Waals surface area contributed by atoms with Crippen molar-refractivity contribution < 1.29 is 0 Å².